The molecule has 1 heterocycles. The number of aromatic nitrogens is 2. The van der Waals surface area contributed by atoms with Crippen molar-refractivity contribution in [2.45, 2.75) is 19.4 Å². The second-order valence-corrected chi connectivity index (χ2v) is 4.62. The third kappa shape index (κ3) is 2.32. The van der Waals surface area contributed by atoms with E-state index in [9.17, 15) is 0 Å². The van der Waals surface area contributed by atoms with Gasteiger partial charge in [-0.25, -0.2) is 0 Å². The molecule has 1 aromatic heterocycles. The molecule has 6 nitrogen and oxygen atoms in total. The first kappa shape index (κ1) is 12.8. The molecule has 0 saturated carbocycles. The highest BCUT2D eigenvalue weighted by molar-refractivity contribution is 7.00. The Hall–Kier alpha value is -1.60. The number of amidine groups is 1. The van der Waals surface area contributed by atoms with Crippen LogP contribution in [0.25, 0.3) is 11.0 Å². The Morgan fingerprint density at radius 3 is 3.06 bits per heavy atom. The predicted molar refractivity (Wildman–Crippen MR) is 73.5 cm³/mol. The molecule has 0 aliphatic carbocycles. The summed E-state index contributed by atoms with van der Waals surface area (Å²) in [6.07, 6.45) is 0.653. The van der Waals surface area contributed by atoms with E-state index in [1.165, 1.54) is 0 Å². The molecule has 1 atom stereocenters. The van der Waals surface area contributed by atoms with Crippen LogP contribution in [-0.4, -0.2) is 25.8 Å². The van der Waals surface area contributed by atoms with Crippen LogP contribution in [0.15, 0.2) is 17.3 Å². The fourth-order valence-electron chi connectivity index (χ4n) is 1.59. The van der Waals surface area contributed by atoms with Crippen molar-refractivity contribution in [3.8, 4) is 0 Å². The summed E-state index contributed by atoms with van der Waals surface area (Å²) in [5.74, 6) is 0.105. The van der Waals surface area contributed by atoms with E-state index in [1.54, 1.807) is 12.1 Å². The van der Waals surface area contributed by atoms with Gasteiger partial charge in [-0.2, -0.15) is 8.75 Å². The van der Waals surface area contributed by atoms with Gasteiger partial charge in [-0.05, 0) is 18.6 Å². The van der Waals surface area contributed by atoms with Crippen molar-refractivity contribution in [3.05, 3.63) is 17.2 Å². The molecular weight excluding hydrogens is 274 g/mol. The van der Waals surface area contributed by atoms with E-state index in [0.29, 0.717) is 22.6 Å². The van der Waals surface area contributed by atoms with Crippen LogP contribution in [0, 0.1) is 0 Å². The van der Waals surface area contributed by atoms with Crippen LogP contribution in [0.1, 0.15) is 13.3 Å². The number of anilines is 1. The number of hydrogen-bond donors (Lipinski definition) is 3. The molecule has 0 bridgehead atoms. The fraction of sp³-hybridized carbons (Fsp3) is 0.300. The highest BCUT2D eigenvalue weighted by atomic mass is 35.5. The molecule has 96 valence electrons. The Morgan fingerprint density at radius 1 is 1.61 bits per heavy atom. The summed E-state index contributed by atoms with van der Waals surface area (Å²) in [5.41, 5.74) is 7.72. The Morgan fingerprint density at radius 2 is 2.39 bits per heavy atom. The largest absolute Gasteiger partial charge is 0.409 e. The molecule has 8 heteroatoms. The molecule has 1 unspecified atom stereocenters. The molecule has 2 rings (SSSR count). The molecule has 0 radical (unpaired) electrons. The van der Waals surface area contributed by atoms with E-state index in [4.69, 9.17) is 22.5 Å². The number of nitrogens with two attached hydrogens (primary N) is 1. The fourth-order valence-corrected chi connectivity index (χ4v) is 2.34. The van der Waals surface area contributed by atoms with Crippen LogP contribution < -0.4 is 11.1 Å². The van der Waals surface area contributed by atoms with Gasteiger partial charge in [-0.3, -0.25) is 0 Å². The van der Waals surface area contributed by atoms with Crippen molar-refractivity contribution in [1.82, 2.24) is 8.75 Å². The van der Waals surface area contributed by atoms with Crippen molar-refractivity contribution in [2.75, 3.05) is 5.32 Å². The third-order valence-corrected chi connectivity index (χ3v) is 3.43. The highest BCUT2D eigenvalue weighted by Crippen LogP contribution is 2.30. The SMILES string of the molecule is CCC(Nc1c(Cl)ccc2nsnc12)C(N)=NO. The first-order valence-corrected chi connectivity index (χ1v) is 6.43. The number of nitrogens with zero attached hydrogens (tertiary/aromatic N) is 3. The van der Waals surface area contributed by atoms with E-state index in [1.807, 2.05) is 6.92 Å². The second-order valence-electron chi connectivity index (χ2n) is 3.68. The third-order valence-electron chi connectivity index (χ3n) is 2.58. The molecule has 1 aromatic carbocycles. The standard InChI is InChI=1S/C10H12ClN5OS/c1-2-6(10(12)14-17)13-8-5(11)3-4-7-9(8)16-18-15-7/h3-4,6,13,17H,2H2,1H3,(H2,12,14). The first-order valence-electron chi connectivity index (χ1n) is 5.32. The van der Waals surface area contributed by atoms with Gasteiger partial charge in [0.15, 0.2) is 5.84 Å². The van der Waals surface area contributed by atoms with Gasteiger partial charge in [-0.15, -0.1) is 0 Å². The summed E-state index contributed by atoms with van der Waals surface area (Å²) in [4.78, 5) is 0. The lowest BCUT2D eigenvalue weighted by atomic mass is 10.2. The number of fused-ring (bicyclic) bond motifs is 1. The van der Waals surface area contributed by atoms with Crippen molar-refractivity contribution in [2.24, 2.45) is 10.9 Å². The number of nitrogens with one attached hydrogen (secondary N) is 1. The van der Waals surface area contributed by atoms with E-state index >= 15 is 0 Å². The maximum atomic E-state index is 8.72. The molecule has 0 fully saturated rings. The summed E-state index contributed by atoms with van der Waals surface area (Å²) >= 11 is 7.26. The maximum absolute atomic E-state index is 8.72. The monoisotopic (exact) mass is 285 g/mol. The molecule has 2 aromatic rings. The predicted octanol–water partition coefficient (Wildman–Crippen LogP) is 2.28. The van der Waals surface area contributed by atoms with Gasteiger partial charge >= 0.3 is 0 Å². The van der Waals surface area contributed by atoms with Crippen LogP contribution >= 0.6 is 23.3 Å². The van der Waals surface area contributed by atoms with Gasteiger partial charge in [0.25, 0.3) is 0 Å². The van der Waals surface area contributed by atoms with Crippen LogP contribution in [0.2, 0.25) is 5.02 Å². The Labute approximate surface area is 113 Å². The van der Waals surface area contributed by atoms with Gasteiger partial charge in [-0.1, -0.05) is 23.7 Å². The molecular formula is C10H12ClN5OS. The zero-order valence-corrected chi connectivity index (χ0v) is 11.2. The Balaban J connectivity index is 2.41. The van der Waals surface area contributed by atoms with E-state index in [0.717, 1.165) is 17.2 Å². The number of hydrogen-bond acceptors (Lipinski definition) is 6. The van der Waals surface area contributed by atoms with Crippen LogP contribution in [0.5, 0.6) is 0 Å². The lowest BCUT2D eigenvalue weighted by Crippen LogP contribution is -2.35. The number of halogens is 1. The number of rotatable bonds is 4. The van der Waals surface area contributed by atoms with Gasteiger partial charge in [0.1, 0.15) is 11.0 Å². The van der Waals surface area contributed by atoms with Crippen LogP contribution in [0.4, 0.5) is 5.69 Å². The van der Waals surface area contributed by atoms with Crippen molar-refractivity contribution in [1.29, 1.82) is 0 Å². The molecule has 18 heavy (non-hydrogen) atoms. The molecule has 0 amide bonds. The minimum atomic E-state index is -0.306. The molecule has 4 N–H and O–H groups in total. The Bertz CT molecular complexity index is 585. The summed E-state index contributed by atoms with van der Waals surface area (Å²) in [7, 11) is 0. The molecule has 0 spiro atoms. The topological polar surface area (TPSA) is 96.4 Å². The van der Waals surface area contributed by atoms with Gasteiger partial charge in [0, 0.05) is 0 Å². The minimum absolute atomic E-state index is 0.105. The van der Waals surface area contributed by atoms with Crippen LogP contribution in [0.3, 0.4) is 0 Å². The molecule has 0 saturated heterocycles. The lowest BCUT2D eigenvalue weighted by Gasteiger charge is -2.17. The zero-order valence-electron chi connectivity index (χ0n) is 9.59. The lowest BCUT2D eigenvalue weighted by molar-refractivity contribution is 0.316. The van der Waals surface area contributed by atoms with Crippen LogP contribution in [-0.2, 0) is 0 Å². The minimum Gasteiger partial charge on any atom is -0.409 e. The first-order chi connectivity index (χ1) is 8.67. The molecule has 0 aliphatic rings. The Kier molecular flexibility index (Phi) is 3.83. The summed E-state index contributed by atoms with van der Waals surface area (Å²) in [6, 6.07) is 3.24. The smallest absolute Gasteiger partial charge is 0.161 e. The summed E-state index contributed by atoms with van der Waals surface area (Å²) in [6.45, 7) is 1.92. The second kappa shape index (κ2) is 5.36. The van der Waals surface area contributed by atoms with E-state index < -0.39 is 0 Å². The van der Waals surface area contributed by atoms with Crippen molar-refractivity contribution < 1.29 is 5.21 Å². The number of oxime groups is 1. The summed E-state index contributed by atoms with van der Waals surface area (Å²) in [5, 5.41) is 15.4. The zero-order chi connectivity index (χ0) is 13.1. The quantitative estimate of drug-likeness (QED) is 0.347. The number of benzene rings is 1. The van der Waals surface area contributed by atoms with E-state index in [2.05, 4.69) is 19.2 Å². The average Bonchev–Trinajstić information content (AvgIpc) is 2.85. The molecule has 0 aliphatic heterocycles. The highest BCUT2D eigenvalue weighted by Gasteiger charge is 2.16. The normalized spacial score (nSPS) is 13.8. The average molecular weight is 286 g/mol. The van der Waals surface area contributed by atoms with Crippen molar-refractivity contribution in [3.63, 3.8) is 0 Å². The van der Waals surface area contributed by atoms with E-state index in [-0.39, 0.29) is 11.9 Å². The van der Waals surface area contributed by atoms with Gasteiger partial charge < -0.3 is 16.3 Å². The van der Waals surface area contributed by atoms with Crippen molar-refractivity contribution >= 4 is 45.9 Å². The van der Waals surface area contributed by atoms with Gasteiger partial charge in [0.05, 0.1) is 28.5 Å². The maximum Gasteiger partial charge on any atom is 0.161 e. The summed E-state index contributed by atoms with van der Waals surface area (Å²) < 4.78 is 8.33. The van der Waals surface area contributed by atoms with Gasteiger partial charge in [0.2, 0.25) is 0 Å².